The van der Waals surface area contributed by atoms with E-state index in [1.165, 1.54) is 0 Å². The van der Waals surface area contributed by atoms with Gasteiger partial charge < -0.3 is 14.6 Å². The Hall–Kier alpha value is -2.77. The molecule has 2 aromatic carbocycles. The van der Waals surface area contributed by atoms with Gasteiger partial charge in [-0.15, -0.1) is 0 Å². The number of hydrogen-bond acceptors (Lipinski definition) is 3. The molecule has 0 radical (unpaired) electrons. The van der Waals surface area contributed by atoms with E-state index in [-0.39, 0.29) is 11.0 Å². The Morgan fingerprint density at radius 2 is 1.88 bits per heavy atom. The normalized spacial score (nSPS) is 18.7. The van der Waals surface area contributed by atoms with Crippen molar-refractivity contribution in [3.63, 3.8) is 0 Å². The first kappa shape index (κ1) is 18.0. The van der Waals surface area contributed by atoms with Crippen LogP contribution < -0.4 is 4.74 Å². The molecule has 134 valence electrons. The molecule has 0 aromatic heterocycles. The molecule has 4 heteroatoms. The second-order valence-electron chi connectivity index (χ2n) is 6.79. The number of methoxy groups -OCH3 is 1. The van der Waals surface area contributed by atoms with Gasteiger partial charge in [0.15, 0.2) is 0 Å². The van der Waals surface area contributed by atoms with E-state index in [0.717, 1.165) is 35.3 Å². The summed E-state index contributed by atoms with van der Waals surface area (Å²) in [4.78, 5) is 10.9. The quantitative estimate of drug-likeness (QED) is 0.854. The summed E-state index contributed by atoms with van der Waals surface area (Å²) >= 11 is 0. The Balaban J connectivity index is 1.87. The lowest BCUT2D eigenvalue weighted by Gasteiger charge is -2.28. The molecule has 0 amide bonds. The third-order valence-electron chi connectivity index (χ3n) is 4.71. The first-order chi connectivity index (χ1) is 12.5. The molecular formula is C22H22O4. The zero-order valence-electron chi connectivity index (χ0n) is 15.0. The summed E-state index contributed by atoms with van der Waals surface area (Å²) in [5.41, 5.74) is 3.00. The van der Waals surface area contributed by atoms with Crippen molar-refractivity contribution in [2.45, 2.75) is 25.2 Å². The molecule has 1 N–H and O–H groups in total. The van der Waals surface area contributed by atoms with Crippen molar-refractivity contribution >= 4 is 5.97 Å². The van der Waals surface area contributed by atoms with Gasteiger partial charge in [0, 0.05) is 29.2 Å². The van der Waals surface area contributed by atoms with E-state index in [9.17, 15) is 4.79 Å². The zero-order chi connectivity index (χ0) is 18.6. The summed E-state index contributed by atoms with van der Waals surface area (Å²) in [5, 5.41) is 8.94. The van der Waals surface area contributed by atoms with Crippen molar-refractivity contribution in [2.75, 3.05) is 20.3 Å². The van der Waals surface area contributed by atoms with E-state index >= 15 is 0 Å². The lowest BCUT2D eigenvalue weighted by Crippen LogP contribution is -2.27. The van der Waals surface area contributed by atoms with E-state index in [4.69, 9.17) is 14.6 Å². The van der Waals surface area contributed by atoms with Gasteiger partial charge in [0.2, 0.25) is 0 Å². The van der Waals surface area contributed by atoms with Gasteiger partial charge in [-0.1, -0.05) is 24.8 Å². The Labute approximate surface area is 153 Å². The zero-order valence-corrected chi connectivity index (χ0v) is 15.0. The Kier molecular flexibility index (Phi) is 5.29. The summed E-state index contributed by atoms with van der Waals surface area (Å²) in [6.45, 7) is 3.56. The molecular weight excluding hydrogens is 328 g/mol. The van der Waals surface area contributed by atoms with Crippen molar-refractivity contribution in [1.29, 1.82) is 0 Å². The van der Waals surface area contributed by atoms with Crippen LogP contribution in [-0.2, 0) is 10.2 Å². The molecule has 0 fully saturated rings. The minimum absolute atomic E-state index is 0.0563. The average molecular weight is 350 g/mol. The Morgan fingerprint density at radius 3 is 2.58 bits per heavy atom. The smallest absolute Gasteiger partial charge is 0.335 e. The lowest BCUT2D eigenvalue weighted by atomic mass is 9.79. The second kappa shape index (κ2) is 7.63. The van der Waals surface area contributed by atoms with Crippen molar-refractivity contribution in [3.05, 3.63) is 64.7 Å². The molecule has 0 saturated carbocycles. The third-order valence-corrected chi connectivity index (χ3v) is 4.71. The number of hydrogen-bond donors (Lipinski definition) is 1. The summed E-state index contributed by atoms with van der Waals surface area (Å²) in [6.07, 6.45) is 2.01. The summed E-state index contributed by atoms with van der Waals surface area (Å²) < 4.78 is 11.4. The van der Waals surface area contributed by atoms with Crippen molar-refractivity contribution in [3.8, 4) is 17.6 Å². The highest BCUT2D eigenvalue weighted by atomic mass is 16.5. The predicted molar refractivity (Wildman–Crippen MR) is 99.8 cm³/mol. The minimum Gasteiger partial charge on any atom is -0.493 e. The SMILES string of the molecule is COCC1(C)CCCOc2cc(C#Cc3ccc(C(=O)O)cc3)ccc21. The van der Waals surface area contributed by atoms with E-state index < -0.39 is 5.97 Å². The monoisotopic (exact) mass is 350 g/mol. The fourth-order valence-corrected chi connectivity index (χ4v) is 3.31. The molecule has 2 aromatic rings. The van der Waals surface area contributed by atoms with Gasteiger partial charge >= 0.3 is 5.97 Å². The molecule has 1 unspecified atom stereocenters. The molecule has 26 heavy (non-hydrogen) atoms. The first-order valence-corrected chi connectivity index (χ1v) is 8.63. The average Bonchev–Trinajstić information content (AvgIpc) is 2.79. The van der Waals surface area contributed by atoms with Crippen LogP contribution in [0.15, 0.2) is 42.5 Å². The summed E-state index contributed by atoms with van der Waals surface area (Å²) in [5.74, 6) is 6.14. The molecule has 1 atom stereocenters. The van der Waals surface area contributed by atoms with Crippen LogP contribution >= 0.6 is 0 Å². The van der Waals surface area contributed by atoms with Gasteiger partial charge in [0.25, 0.3) is 0 Å². The highest BCUT2D eigenvalue weighted by Gasteiger charge is 2.31. The maximum absolute atomic E-state index is 10.9. The number of ether oxygens (including phenoxy) is 2. The highest BCUT2D eigenvalue weighted by Crippen LogP contribution is 2.38. The molecule has 0 saturated heterocycles. The van der Waals surface area contributed by atoms with Crippen molar-refractivity contribution in [2.24, 2.45) is 0 Å². The van der Waals surface area contributed by atoms with Crippen LogP contribution in [0, 0.1) is 11.8 Å². The number of rotatable bonds is 3. The number of carboxylic acid groups (broad SMARTS) is 1. The maximum Gasteiger partial charge on any atom is 0.335 e. The largest absolute Gasteiger partial charge is 0.493 e. The number of aromatic carboxylic acids is 1. The molecule has 1 aliphatic heterocycles. The van der Waals surface area contributed by atoms with Crippen LogP contribution in [0.4, 0.5) is 0 Å². The van der Waals surface area contributed by atoms with Gasteiger partial charge in [0.05, 0.1) is 18.8 Å². The number of benzene rings is 2. The van der Waals surface area contributed by atoms with Crippen LogP contribution in [0.25, 0.3) is 0 Å². The lowest BCUT2D eigenvalue weighted by molar-refractivity contribution is 0.0697. The Bertz CT molecular complexity index is 858. The van der Waals surface area contributed by atoms with Crippen LogP contribution in [0.1, 0.15) is 46.8 Å². The molecule has 0 spiro atoms. The number of carboxylic acids is 1. The van der Waals surface area contributed by atoms with Crippen LogP contribution in [0.2, 0.25) is 0 Å². The van der Waals surface area contributed by atoms with E-state index in [2.05, 4.69) is 24.8 Å². The summed E-state index contributed by atoms with van der Waals surface area (Å²) in [6, 6.07) is 12.6. The second-order valence-corrected chi connectivity index (χ2v) is 6.79. The molecule has 4 nitrogen and oxygen atoms in total. The van der Waals surface area contributed by atoms with Crippen LogP contribution in [0.3, 0.4) is 0 Å². The molecule has 0 aliphatic carbocycles. The van der Waals surface area contributed by atoms with Gasteiger partial charge in [-0.2, -0.15) is 0 Å². The molecule has 3 rings (SSSR count). The molecule has 1 aliphatic rings. The predicted octanol–water partition coefficient (Wildman–Crippen LogP) is 3.86. The van der Waals surface area contributed by atoms with Gasteiger partial charge in [-0.3, -0.25) is 0 Å². The first-order valence-electron chi connectivity index (χ1n) is 8.63. The molecule has 1 heterocycles. The van der Waals surface area contributed by atoms with Gasteiger partial charge in [-0.05, 0) is 49.2 Å². The fourth-order valence-electron chi connectivity index (χ4n) is 3.31. The minimum atomic E-state index is -0.938. The van der Waals surface area contributed by atoms with E-state index in [1.807, 2.05) is 12.1 Å². The van der Waals surface area contributed by atoms with Crippen LogP contribution in [-0.4, -0.2) is 31.4 Å². The van der Waals surface area contributed by atoms with E-state index in [1.54, 1.807) is 31.4 Å². The third kappa shape index (κ3) is 3.89. The molecule has 0 bridgehead atoms. The maximum atomic E-state index is 10.9. The van der Waals surface area contributed by atoms with Gasteiger partial charge in [0.1, 0.15) is 5.75 Å². The highest BCUT2D eigenvalue weighted by molar-refractivity contribution is 5.87. The van der Waals surface area contributed by atoms with Crippen molar-refractivity contribution in [1.82, 2.24) is 0 Å². The Morgan fingerprint density at radius 1 is 1.19 bits per heavy atom. The standard InChI is InChI=1S/C22H22O4/c1-22(15-25-2)12-3-13-26-20-14-17(8-11-19(20)22)5-4-16-6-9-18(10-7-16)21(23)24/h6-11,14H,3,12-13,15H2,1-2H3,(H,23,24). The number of carbonyl (C=O) groups is 1. The fraction of sp³-hybridized carbons (Fsp3) is 0.318. The van der Waals surface area contributed by atoms with E-state index in [0.29, 0.717) is 13.2 Å². The topological polar surface area (TPSA) is 55.8 Å². The number of fused-ring (bicyclic) bond motifs is 1. The van der Waals surface area contributed by atoms with Crippen LogP contribution in [0.5, 0.6) is 5.75 Å². The van der Waals surface area contributed by atoms with Crippen molar-refractivity contribution < 1.29 is 19.4 Å². The summed E-state index contributed by atoms with van der Waals surface area (Å²) in [7, 11) is 1.73. The van der Waals surface area contributed by atoms with Gasteiger partial charge in [-0.25, -0.2) is 4.79 Å².